The van der Waals surface area contributed by atoms with E-state index >= 15 is 0 Å². The Kier molecular flexibility index (Phi) is 6.43. The molecular weight excluding hydrogens is 445 g/mol. The molecule has 0 aliphatic heterocycles. The number of tetrazole rings is 1. The summed E-state index contributed by atoms with van der Waals surface area (Å²) in [5, 5.41) is 15.3. The molecule has 0 saturated carbocycles. The molecule has 0 radical (unpaired) electrons. The molecule has 3 rings (SSSR count). The number of alkyl halides is 2. The van der Waals surface area contributed by atoms with Crippen molar-refractivity contribution in [1.82, 2.24) is 20.2 Å². The number of aromatic nitrogens is 4. The van der Waals surface area contributed by atoms with E-state index in [0.29, 0.717) is 5.02 Å². The molecule has 3 aromatic rings. The van der Waals surface area contributed by atoms with Crippen LogP contribution in [0.1, 0.15) is 20.7 Å². The van der Waals surface area contributed by atoms with Gasteiger partial charge in [0, 0.05) is 17.6 Å². The van der Waals surface area contributed by atoms with Crippen LogP contribution in [0, 0.1) is 0 Å². The Hall–Kier alpha value is -3.31. The van der Waals surface area contributed by atoms with Gasteiger partial charge in [0.25, 0.3) is 11.8 Å². The van der Waals surface area contributed by atoms with Gasteiger partial charge in [-0.15, -0.1) is 0 Å². The van der Waals surface area contributed by atoms with Gasteiger partial charge in [-0.3, -0.25) is 14.9 Å². The maximum absolute atomic E-state index is 12.8. The van der Waals surface area contributed by atoms with Crippen LogP contribution in [0.3, 0.4) is 0 Å². The average Bonchev–Trinajstić information content (AvgIpc) is 3.08. The van der Waals surface area contributed by atoms with Gasteiger partial charge in [0.15, 0.2) is 5.75 Å². The van der Waals surface area contributed by atoms with E-state index in [0.717, 1.165) is 12.1 Å². The number of nitrogens with zero attached hydrogens (tertiary/aromatic N) is 4. The number of anilines is 2. The molecule has 0 aliphatic rings. The highest BCUT2D eigenvalue weighted by molar-refractivity contribution is 6.38. The first kappa shape index (κ1) is 21.4. The Balaban J connectivity index is 1.96. The maximum atomic E-state index is 12.8. The lowest BCUT2D eigenvalue weighted by molar-refractivity contribution is -0.0493. The average molecular weight is 457 g/mol. The number of aryl methyl sites for hydroxylation is 1. The Morgan fingerprint density at radius 1 is 1.13 bits per heavy atom. The Morgan fingerprint density at radius 3 is 2.53 bits per heavy atom. The predicted octanol–water partition coefficient (Wildman–Crippen LogP) is 3.62. The van der Waals surface area contributed by atoms with Crippen molar-refractivity contribution in [3.8, 4) is 5.75 Å². The van der Waals surface area contributed by atoms with Gasteiger partial charge in [0.1, 0.15) is 5.69 Å². The van der Waals surface area contributed by atoms with E-state index in [1.165, 1.54) is 29.9 Å². The fraction of sp³-hybridized carbons (Fsp3) is 0.118. The summed E-state index contributed by atoms with van der Waals surface area (Å²) >= 11 is 12.1. The molecule has 2 aromatic carbocycles. The number of nitrogens with one attached hydrogen (secondary N) is 2. The standard InChI is InChI=1S/C17H12Cl2F2N6O3/c1-27-17(24-25-26-27)23-15(29)10-5-6-11(30-16(20)21)13(12(10)19)22-14(28)8-3-2-4-9(18)7-8/h2-7,16H,1H3,(H,22,28)(H,23,24,26,29). The second-order valence-corrected chi connectivity index (χ2v) is 6.54. The summed E-state index contributed by atoms with van der Waals surface area (Å²) in [6.45, 7) is -3.19. The molecule has 1 aromatic heterocycles. The normalized spacial score (nSPS) is 10.7. The molecule has 30 heavy (non-hydrogen) atoms. The summed E-state index contributed by atoms with van der Waals surface area (Å²) in [5.74, 6) is -1.84. The molecule has 0 atom stereocenters. The second-order valence-electron chi connectivity index (χ2n) is 5.72. The zero-order valence-corrected chi connectivity index (χ0v) is 16.6. The molecule has 0 unspecified atom stereocenters. The van der Waals surface area contributed by atoms with E-state index in [9.17, 15) is 18.4 Å². The zero-order valence-electron chi connectivity index (χ0n) is 15.1. The number of hydrogen-bond donors (Lipinski definition) is 2. The second kappa shape index (κ2) is 9.01. The molecule has 0 saturated heterocycles. The third-order valence-electron chi connectivity index (χ3n) is 3.74. The Morgan fingerprint density at radius 2 is 1.90 bits per heavy atom. The first-order valence-corrected chi connectivity index (χ1v) is 8.89. The molecule has 0 spiro atoms. The summed E-state index contributed by atoms with van der Waals surface area (Å²) in [4.78, 5) is 25.1. The largest absolute Gasteiger partial charge is 0.433 e. The molecule has 2 amide bonds. The zero-order chi connectivity index (χ0) is 21.8. The van der Waals surface area contributed by atoms with Crippen LogP contribution < -0.4 is 15.4 Å². The highest BCUT2D eigenvalue weighted by atomic mass is 35.5. The van der Waals surface area contributed by atoms with E-state index in [-0.39, 0.29) is 27.8 Å². The first-order valence-electron chi connectivity index (χ1n) is 8.14. The highest BCUT2D eigenvalue weighted by Crippen LogP contribution is 2.37. The molecule has 0 bridgehead atoms. The minimum atomic E-state index is -3.19. The van der Waals surface area contributed by atoms with E-state index < -0.39 is 24.2 Å². The summed E-state index contributed by atoms with van der Waals surface area (Å²) in [7, 11) is 1.49. The van der Waals surface area contributed by atoms with Crippen molar-refractivity contribution in [1.29, 1.82) is 0 Å². The lowest BCUT2D eigenvalue weighted by atomic mass is 10.1. The van der Waals surface area contributed by atoms with Crippen LogP contribution in [-0.2, 0) is 7.05 Å². The van der Waals surface area contributed by atoms with E-state index in [1.807, 2.05) is 0 Å². The number of hydrogen-bond acceptors (Lipinski definition) is 6. The van der Waals surface area contributed by atoms with E-state index in [1.54, 1.807) is 6.07 Å². The van der Waals surface area contributed by atoms with Crippen molar-refractivity contribution in [3.05, 3.63) is 57.6 Å². The molecule has 0 aliphatic carbocycles. The number of halogens is 4. The van der Waals surface area contributed by atoms with Crippen LogP contribution in [0.25, 0.3) is 0 Å². The number of ether oxygens (including phenoxy) is 1. The number of carbonyl (C=O) groups is 2. The quantitative estimate of drug-likeness (QED) is 0.585. The van der Waals surface area contributed by atoms with E-state index in [2.05, 4.69) is 30.9 Å². The molecule has 2 N–H and O–H groups in total. The van der Waals surface area contributed by atoms with Crippen molar-refractivity contribution in [2.45, 2.75) is 6.61 Å². The fourth-order valence-corrected chi connectivity index (χ4v) is 2.84. The van der Waals surface area contributed by atoms with Crippen LogP contribution in [0.15, 0.2) is 36.4 Å². The number of benzene rings is 2. The molecule has 156 valence electrons. The van der Waals surface area contributed by atoms with Crippen LogP contribution in [0.4, 0.5) is 20.4 Å². The summed E-state index contributed by atoms with van der Waals surface area (Å²) in [5.41, 5.74) is -0.310. The number of amides is 2. The van der Waals surface area contributed by atoms with Gasteiger partial charge < -0.3 is 10.1 Å². The van der Waals surface area contributed by atoms with Crippen LogP contribution in [-0.4, -0.2) is 38.6 Å². The van der Waals surface area contributed by atoms with Gasteiger partial charge in [-0.1, -0.05) is 34.4 Å². The van der Waals surface area contributed by atoms with Crippen LogP contribution in [0.5, 0.6) is 5.75 Å². The molecule has 9 nitrogen and oxygen atoms in total. The number of carbonyl (C=O) groups excluding carboxylic acids is 2. The molecule has 0 fully saturated rings. The Bertz CT molecular complexity index is 1110. The minimum absolute atomic E-state index is 0.0217. The van der Waals surface area contributed by atoms with Gasteiger partial charge in [0.05, 0.1) is 10.6 Å². The van der Waals surface area contributed by atoms with Crippen LogP contribution in [0.2, 0.25) is 10.0 Å². The van der Waals surface area contributed by atoms with Gasteiger partial charge in [-0.2, -0.15) is 8.78 Å². The third-order valence-corrected chi connectivity index (χ3v) is 4.36. The smallest absolute Gasteiger partial charge is 0.387 e. The van der Waals surface area contributed by atoms with Gasteiger partial charge in [-0.25, -0.2) is 4.68 Å². The molecular formula is C17H12Cl2F2N6O3. The topological polar surface area (TPSA) is 111 Å². The van der Waals surface area contributed by atoms with Crippen molar-refractivity contribution < 1.29 is 23.1 Å². The van der Waals surface area contributed by atoms with Crippen molar-refractivity contribution in [3.63, 3.8) is 0 Å². The number of rotatable bonds is 6. The van der Waals surface area contributed by atoms with Crippen molar-refractivity contribution >= 4 is 46.7 Å². The lowest BCUT2D eigenvalue weighted by Gasteiger charge is -2.16. The van der Waals surface area contributed by atoms with Gasteiger partial charge in [0.2, 0.25) is 5.95 Å². The monoisotopic (exact) mass is 456 g/mol. The summed E-state index contributed by atoms with van der Waals surface area (Å²) in [6.07, 6.45) is 0. The summed E-state index contributed by atoms with van der Waals surface area (Å²) < 4.78 is 31.2. The van der Waals surface area contributed by atoms with Crippen molar-refractivity contribution in [2.75, 3.05) is 10.6 Å². The van der Waals surface area contributed by atoms with Crippen LogP contribution >= 0.6 is 23.2 Å². The Labute approximate surface area is 177 Å². The predicted molar refractivity (Wildman–Crippen MR) is 104 cm³/mol. The first-order chi connectivity index (χ1) is 14.3. The molecule has 1 heterocycles. The highest BCUT2D eigenvalue weighted by Gasteiger charge is 2.23. The van der Waals surface area contributed by atoms with Gasteiger partial charge >= 0.3 is 6.61 Å². The summed E-state index contributed by atoms with van der Waals surface area (Å²) in [6, 6.07) is 8.16. The van der Waals surface area contributed by atoms with E-state index in [4.69, 9.17) is 23.2 Å². The van der Waals surface area contributed by atoms with Gasteiger partial charge in [-0.05, 0) is 40.8 Å². The molecule has 13 heteroatoms. The fourth-order valence-electron chi connectivity index (χ4n) is 2.36. The SMILES string of the molecule is Cn1nnnc1NC(=O)c1ccc(OC(F)F)c(NC(=O)c2cccc(Cl)c2)c1Cl. The lowest BCUT2D eigenvalue weighted by Crippen LogP contribution is -2.18. The third kappa shape index (κ3) is 4.81. The maximum Gasteiger partial charge on any atom is 0.387 e. The minimum Gasteiger partial charge on any atom is -0.433 e. The van der Waals surface area contributed by atoms with Crippen molar-refractivity contribution in [2.24, 2.45) is 7.05 Å².